The van der Waals surface area contributed by atoms with Crippen molar-refractivity contribution in [3.05, 3.63) is 23.8 Å². The lowest BCUT2D eigenvalue weighted by Gasteiger charge is -2.07. The molecule has 0 aliphatic rings. The van der Waals surface area contributed by atoms with Gasteiger partial charge < -0.3 is 10.2 Å². The first kappa shape index (κ1) is 9.42. The Morgan fingerprint density at radius 1 is 1.42 bits per heavy atom. The zero-order valence-corrected chi connectivity index (χ0v) is 7.93. The van der Waals surface area contributed by atoms with Crippen LogP contribution in [-0.2, 0) is 0 Å². The van der Waals surface area contributed by atoms with Crippen LogP contribution >= 0.6 is 11.8 Å². The lowest BCUT2D eigenvalue weighted by Crippen LogP contribution is -1.91. The zero-order chi connectivity index (χ0) is 9.14. The minimum Gasteiger partial charge on any atom is -0.508 e. The summed E-state index contributed by atoms with van der Waals surface area (Å²) in [7, 11) is 0. The van der Waals surface area contributed by atoms with Crippen LogP contribution in [0.5, 0.6) is 5.75 Å². The smallest absolute Gasteiger partial charge is 0.122 e. The average molecular weight is 184 g/mol. The maximum atomic E-state index is 9.42. The van der Waals surface area contributed by atoms with Gasteiger partial charge >= 0.3 is 0 Å². The van der Waals surface area contributed by atoms with Gasteiger partial charge in [0.05, 0.1) is 6.10 Å². The van der Waals surface area contributed by atoms with Gasteiger partial charge in [0.1, 0.15) is 5.75 Å². The number of thioether (sulfide) groups is 1. The topological polar surface area (TPSA) is 40.5 Å². The lowest BCUT2D eigenvalue weighted by atomic mass is 10.1. The summed E-state index contributed by atoms with van der Waals surface area (Å²) in [5.41, 5.74) is 0.577. The van der Waals surface area contributed by atoms with Crippen molar-refractivity contribution in [3.63, 3.8) is 0 Å². The molecular weight excluding hydrogens is 172 g/mol. The molecule has 1 aromatic rings. The summed E-state index contributed by atoms with van der Waals surface area (Å²) in [5.74, 6) is 0.164. The molecule has 0 spiro atoms. The van der Waals surface area contributed by atoms with E-state index >= 15 is 0 Å². The van der Waals surface area contributed by atoms with E-state index in [2.05, 4.69) is 0 Å². The zero-order valence-electron chi connectivity index (χ0n) is 7.11. The molecule has 2 nitrogen and oxygen atoms in total. The Bertz CT molecular complexity index is 271. The third kappa shape index (κ3) is 1.93. The number of hydrogen-bond acceptors (Lipinski definition) is 3. The second-order valence-corrected chi connectivity index (χ2v) is 3.48. The standard InChI is InChI=1S/C9H12O2S/c1-6(10)8-4-3-7(12-2)5-9(8)11/h3-6,10-11H,1-2H3. The second kappa shape index (κ2) is 3.83. The Morgan fingerprint density at radius 2 is 2.08 bits per heavy atom. The molecule has 0 amide bonds. The third-order valence-corrected chi connectivity index (χ3v) is 2.41. The van der Waals surface area contributed by atoms with Crippen molar-refractivity contribution in [1.82, 2.24) is 0 Å². The van der Waals surface area contributed by atoms with Crippen molar-refractivity contribution in [2.45, 2.75) is 17.9 Å². The molecule has 0 saturated carbocycles. The molecule has 1 unspecified atom stereocenters. The fraction of sp³-hybridized carbons (Fsp3) is 0.333. The largest absolute Gasteiger partial charge is 0.508 e. The van der Waals surface area contributed by atoms with Crippen molar-refractivity contribution in [3.8, 4) is 5.75 Å². The predicted octanol–water partition coefficient (Wildman–Crippen LogP) is 2.17. The van der Waals surface area contributed by atoms with Crippen molar-refractivity contribution >= 4 is 11.8 Å². The number of hydrogen-bond donors (Lipinski definition) is 2. The highest BCUT2D eigenvalue weighted by atomic mass is 32.2. The van der Waals surface area contributed by atoms with Gasteiger partial charge in [0.2, 0.25) is 0 Å². The fourth-order valence-electron chi connectivity index (χ4n) is 1.00. The highest BCUT2D eigenvalue weighted by Crippen LogP contribution is 2.28. The van der Waals surface area contributed by atoms with Crippen molar-refractivity contribution in [2.75, 3.05) is 6.26 Å². The van der Waals surface area contributed by atoms with Crippen LogP contribution in [0.15, 0.2) is 23.1 Å². The summed E-state index contributed by atoms with van der Waals surface area (Å²) in [6.07, 6.45) is 1.33. The first-order valence-corrected chi connectivity index (χ1v) is 4.92. The first-order valence-electron chi connectivity index (χ1n) is 3.70. The van der Waals surface area contributed by atoms with Crippen LogP contribution in [0.3, 0.4) is 0 Å². The minimum absolute atomic E-state index is 0.164. The van der Waals surface area contributed by atoms with E-state index in [4.69, 9.17) is 0 Å². The van der Waals surface area contributed by atoms with E-state index in [1.807, 2.05) is 12.3 Å². The van der Waals surface area contributed by atoms with Gasteiger partial charge in [-0.05, 0) is 25.3 Å². The Morgan fingerprint density at radius 3 is 2.50 bits per heavy atom. The third-order valence-electron chi connectivity index (χ3n) is 1.69. The minimum atomic E-state index is -0.610. The number of aliphatic hydroxyl groups is 1. The van der Waals surface area contributed by atoms with Crippen LogP contribution in [0.25, 0.3) is 0 Å². The molecule has 1 aromatic carbocycles. The van der Waals surface area contributed by atoms with Gasteiger partial charge in [-0.15, -0.1) is 11.8 Å². The Labute approximate surface area is 76.2 Å². The summed E-state index contributed by atoms with van der Waals surface area (Å²) < 4.78 is 0. The molecule has 12 heavy (non-hydrogen) atoms. The van der Waals surface area contributed by atoms with Gasteiger partial charge in [-0.1, -0.05) is 6.07 Å². The SMILES string of the molecule is CSc1ccc(C(C)O)c(O)c1. The van der Waals surface area contributed by atoms with Crippen molar-refractivity contribution in [2.24, 2.45) is 0 Å². The monoisotopic (exact) mass is 184 g/mol. The van der Waals surface area contributed by atoms with Gasteiger partial charge in [0, 0.05) is 10.5 Å². The first-order chi connectivity index (χ1) is 5.65. The summed E-state index contributed by atoms with van der Waals surface area (Å²) in [4.78, 5) is 0.997. The van der Waals surface area contributed by atoms with Crippen LogP contribution in [0.4, 0.5) is 0 Å². The maximum Gasteiger partial charge on any atom is 0.122 e. The van der Waals surface area contributed by atoms with Crippen LogP contribution in [0.1, 0.15) is 18.6 Å². The van der Waals surface area contributed by atoms with Crippen LogP contribution in [-0.4, -0.2) is 16.5 Å². The van der Waals surface area contributed by atoms with Gasteiger partial charge in [-0.3, -0.25) is 0 Å². The highest BCUT2D eigenvalue weighted by Gasteiger charge is 2.06. The van der Waals surface area contributed by atoms with E-state index in [0.717, 1.165) is 4.90 Å². The molecular formula is C9H12O2S. The van der Waals surface area contributed by atoms with E-state index in [1.165, 1.54) is 0 Å². The van der Waals surface area contributed by atoms with Crippen molar-refractivity contribution in [1.29, 1.82) is 0 Å². The van der Waals surface area contributed by atoms with Crippen molar-refractivity contribution < 1.29 is 10.2 Å². The number of benzene rings is 1. The van der Waals surface area contributed by atoms with Crippen LogP contribution < -0.4 is 0 Å². The average Bonchev–Trinajstić information content (AvgIpc) is 2.03. The van der Waals surface area contributed by atoms with Crippen LogP contribution in [0, 0.1) is 0 Å². The molecule has 2 N–H and O–H groups in total. The van der Waals surface area contributed by atoms with E-state index in [9.17, 15) is 10.2 Å². The summed E-state index contributed by atoms with van der Waals surface area (Å²) in [6, 6.07) is 5.28. The van der Waals surface area contributed by atoms with E-state index < -0.39 is 6.10 Å². The lowest BCUT2D eigenvalue weighted by molar-refractivity contribution is 0.195. The molecule has 0 aliphatic carbocycles. The van der Waals surface area contributed by atoms with E-state index in [-0.39, 0.29) is 5.75 Å². The normalized spacial score (nSPS) is 12.9. The Hall–Kier alpha value is -0.670. The molecule has 0 radical (unpaired) electrons. The number of phenolic OH excluding ortho intramolecular Hbond substituents is 1. The second-order valence-electron chi connectivity index (χ2n) is 2.60. The molecule has 0 saturated heterocycles. The molecule has 0 aromatic heterocycles. The predicted molar refractivity (Wildman–Crippen MR) is 50.5 cm³/mol. The van der Waals surface area contributed by atoms with Gasteiger partial charge in [-0.25, -0.2) is 0 Å². The molecule has 1 rings (SSSR count). The fourth-order valence-corrected chi connectivity index (χ4v) is 1.44. The summed E-state index contributed by atoms with van der Waals surface area (Å²) in [5, 5.41) is 18.6. The molecule has 0 heterocycles. The van der Waals surface area contributed by atoms with Gasteiger partial charge in [0.25, 0.3) is 0 Å². The molecule has 0 fully saturated rings. The quantitative estimate of drug-likeness (QED) is 0.692. The van der Waals surface area contributed by atoms with Gasteiger partial charge in [-0.2, -0.15) is 0 Å². The van der Waals surface area contributed by atoms with Crippen LogP contribution in [0.2, 0.25) is 0 Å². The maximum absolute atomic E-state index is 9.42. The number of phenols is 1. The molecule has 66 valence electrons. The highest BCUT2D eigenvalue weighted by molar-refractivity contribution is 7.98. The number of aliphatic hydroxyl groups excluding tert-OH is 1. The van der Waals surface area contributed by atoms with Gasteiger partial charge in [0.15, 0.2) is 0 Å². The number of aromatic hydroxyl groups is 1. The Kier molecular flexibility index (Phi) is 3.00. The molecule has 1 atom stereocenters. The summed E-state index contributed by atoms with van der Waals surface area (Å²) in [6.45, 7) is 1.63. The molecule has 0 bridgehead atoms. The molecule has 0 aliphatic heterocycles. The Balaban J connectivity index is 3.03. The number of rotatable bonds is 2. The molecule has 3 heteroatoms. The van der Waals surface area contributed by atoms with E-state index in [0.29, 0.717) is 5.56 Å². The van der Waals surface area contributed by atoms with E-state index in [1.54, 1.807) is 30.8 Å². The summed E-state index contributed by atoms with van der Waals surface area (Å²) >= 11 is 1.56.